The lowest BCUT2D eigenvalue weighted by Gasteiger charge is -2.30. The third-order valence-corrected chi connectivity index (χ3v) is 6.34. The number of fused-ring (bicyclic) bond motifs is 2. The maximum Gasteiger partial charge on any atom is 0.303 e. The zero-order valence-electron chi connectivity index (χ0n) is 15.0. The van der Waals surface area contributed by atoms with Crippen LogP contribution in [0.2, 0.25) is 0 Å². The molecule has 3 aliphatic rings. The Labute approximate surface area is 146 Å². The molecule has 1 aliphatic carbocycles. The smallest absolute Gasteiger partial charge is 0.303 e. The predicted molar refractivity (Wildman–Crippen MR) is 93.0 cm³/mol. The summed E-state index contributed by atoms with van der Waals surface area (Å²) in [5.74, 6) is 0.605. The van der Waals surface area contributed by atoms with Gasteiger partial charge in [0, 0.05) is 12.3 Å². The summed E-state index contributed by atoms with van der Waals surface area (Å²) in [6.45, 7) is 0.898. The minimum Gasteiger partial charge on any atom is -0.481 e. The highest BCUT2D eigenvalue weighted by Gasteiger charge is 2.48. The van der Waals surface area contributed by atoms with Gasteiger partial charge in [0.1, 0.15) is 0 Å². The van der Waals surface area contributed by atoms with Crippen LogP contribution in [-0.2, 0) is 14.3 Å². The molecule has 0 aromatic heterocycles. The topological polar surface area (TPSA) is 55.8 Å². The van der Waals surface area contributed by atoms with Gasteiger partial charge in [-0.1, -0.05) is 38.5 Å². The number of rotatable bonds is 10. The molecule has 0 aromatic carbocycles. The third kappa shape index (κ3) is 4.95. The Morgan fingerprint density at radius 2 is 1.62 bits per heavy atom. The van der Waals surface area contributed by atoms with E-state index in [1.165, 1.54) is 57.8 Å². The van der Waals surface area contributed by atoms with Crippen LogP contribution in [-0.4, -0.2) is 36.0 Å². The summed E-state index contributed by atoms with van der Waals surface area (Å²) >= 11 is 0. The van der Waals surface area contributed by atoms with E-state index >= 15 is 0 Å². The lowest BCUT2D eigenvalue weighted by molar-refractivity contribution is -0.137. The van der Waals surface area contributed by atoms with Gasteiger partial charge in [-0.05, 0) is 44.4 Å². The van der Waals surface area contributed by atoms with Gasteiger partial charge in [0.15, 0.2) is 0 Å². The summed E-state index contributed by atoms with van der Waals surface area (Å²) in [6.07, 6.45) is 16.1. The Balaban J connectivity index is 1.37. The molecule has 0 amide bonds. The maximum atomic E-state index is 10.5. The summed E-state index contributed by atoms with van der Waals surface area (Å²) in [6, 6.07) is 0. The van der Waals surface area contributed by atoms with Crippen LogP contribution in [0.15, 0.2) is 0 Å². The summed E-state index contributed by atoms with van der Waals surface area (Å²) in [5, 5.41) is 8.68. The first-order chi connectivity index (χ1) is 11.7. The van der Waals surface area contributed by atoms with Crippen LogP contribution in [0.3, 0.4) is 0 Å². The fourth-order valence-electron chi connectivity index (χ4n) is 4.99. The molecular weight excluding hydrogens is 304 g/mol. The van der Waals surface area contributed by atoms with Crippen molar-refractivity contribution >= 4 is 5.97 Å². The van der Waals surface area contributed by atoms with Gasteiger partial charge in [0.05, 0.1) is 24.9 Å². The van der Waals surface area contributed by atoms with E-state index in [9.17, 15) is 4.79 Å². The van der Waals surface area contributed by atoms with Crippen molar-refractivity contribution in [2.45, 2.75) is 102 Å². The number of hydrogen-bond acceptors (Lipinski definition) is 3. The Hall–Kier alpha value is -0.610. The fraction of sp³-hybridized carbons (Fsp3) is 0.950. The molecule has 3 rings (SSSR count). The first-order valence-corrected chi connectivity index (χ1v) is 10.2. The van der Waals surface area contributed by atoms with Crippen LogP contribution in [0, 0.1) is 11.8 Å². The summed E-state index contributed by atoms with van der Waals surface area (Å²) in [7, 11) is 0. The van der Waals surface area contributed by atoms with Gasteiger partial charge in [-0.3, -0.25) is 4.79 Å². The van der Waals surface area contributed by atoms with Crippen LogP contribution in [0.1, 0.15) is 83.5 Å². The quantitative estimate of drug-likeness (QED) is 0.594. The third-order valence-electron chi connectivity index (χ3n) is 6.34. The maximum absolute atomic E-state index is 10.5. The Morgan fingerprint density at radius 1 is 0.917 bits per heavy atom. The summed E-state index contributed by atoms with van der Waals surface area (Å²) in [5.41, 5.74) is 0. The van der Waals surface area contributed by atoms with E-state index in [-0.39, 0.29) is 0 Å². The van der Waals surface area contributed by atoms with Gasteiger partial charge in [-0.25, -0.2) is 0 Å². The van der Waals surface area contributed by atoms with Gasteiger partial charge >= 0.3 is 5.97 Å². The molecule has 0 radical (unpaired) electrons. The lowest BCUT2D eigenvalue weighted by Crippen LogP contribution is -2.32. The van der Waals surface area contributed by atoms with Crippen LogP contribution >= 0.6 is 0 Å². The molecule has 4 nitrogen and oxygen atoms in total. The average Bonchev–Trinajstić information content (AvgIpc) is 3.18. The second kappa shape index (κ2) is 9.19. The van der Waals surface area contributed by atoms with Crippen molar-refractivity contribution in [1.82, 2.24) is 0 Å². The minimum atomic E-state index is -0.670. The molecule has 138 valence electrons. The molecule has 2 aliphatic heterocycles. The van der Waals surface area contributed by atoms with E-state index in [1.54, 1.807) is 0 Å². The molecule has 1 saturated carbocycles. The van der Waals surface area contributed by atoms with Crippen molar-refractivity contribution < 1.29 is 19.4 Å². The summed E-state index contributed by atoms with van der Waals surface area (Å²) in [4.78, 5) is 10.5. The lowest BCUT2D eigenvalue weighted by atomic mass is 9.77. The van der Waals surface area contributed by atoms with Crippen LogP contribution < -0.4 is 0 Å². The molecule has 2 bridgehead atoms. The van der Waals surface area contributed by atoms with Crippen molar-refractivity contribution in [2.75, 3.05) is 6.61 Å². The van der Waals surface area contributed by atoms with E-state index in [2.05, 4.69) is 0 Å². The van der Waals surface area contributed by atoms with Gasteiger partial charge in [0.25, 0.3) is 0 Å². The molecule has 0 spiro atoms. The van der Waals surface area contributed by atoms with Crippen LogP contribution in [0.4, 0.5) is 0 Å². The number of ether oxygens (including phenoxy) is 2. The van der Waals surface area contributed by atoms with Crippen molar-refractivity contribution in [1.29, 1.82) is 0 Å². The van der Waals surface area contributed by atoms with Crippen molar-refractivity contribution in [2.24, 2.45) is 11.8 Å². The van der Waals surface area contributed by atoms with Crippen LogP contribution in [0.25, 0.3) is 0 Å². The Kier molecular flexibility index (Phi) is 6.96. The van der Waals surface area contributed by atoms with Gasteiger partial charge in [-0.2, -0.15) is 0 Å². The molecule has 3 fully saturated rings. The number of carboxylic acids is 1. The van der Waals surface area contributed by atoms with E-state index < -0.39 is 5.97 Å². The van der Waals surface area contributed by atoms with E-state index in [1.807, 2.05) is 0 Å². The molecular formula is C20H34O4. The Morgan fingerprint density at radius 3 is 2.38 bits per heavy atom. The predicted octanol–water partition coefficient (Wildman–Crippen LogP) is 4.55. The van der Waals surface area contributed by atoms with Crippen molar-refractivity contribution in [3.8, 4) is 0 Å². The highest BCUT2D eigenvalue weighted by molar-refractivity contribution is 5.66. The van der Waals surface area contributed by atoms with Crippen LogP contribution in [0.5, 0.6) is 0 Å². The molecule has 0 aromatic rings. The second-order valence-electron chi connectivity index (χ2n) is 8.06. The van der Waals surface area contributed by atoms with Crippen molar-refractivity contribution in [3.05, 3.63) is 0 Å². The zero-order valence-corrected chi connectivity index (χ0v) is 15.0. The fourth-order valence-corrected chi connectivity index (χ4v) is 4.99. The average molecular weight is 338 g/mol. The number of aliphatic carboxylic acids is 1. The number of carboxylic acid groups (broad SMARTS) is 1. The first kappa shape index (κ1) is 18.2. The molecule has 4 heteroatoms. The van der Waals surface area contributed by atoms with Gasteiger partial charge < -0.3 is 14.6 Å². The molecule has 2 saturated heterocycles. The summed E-state index contributed by atoms with van der Waals surface area (Å²) < 4.78 is 12.5. The monoisotopic (exact) mass is 338 g/mol. The second-order valence-corrected chi connectivity index (χ2v) is 8.06. The minimum absolute atomic E-state index is 0.315. The first-order valence-electron chi connectivity index (χ1n) is 10.2. The number of carbonyl (C=O) groups is 1. The SMILES string of the molecule is O=C(O)CCCCCCC1C2CCC(O2)C1COC1CCCCC1. The molecule has 1 N–H and O–H groups in total. The van der Waals surface area contributed by atoms with Crippen molar-refractivity contribution in [3.63, 3.8) is 0 Å². The standard InChI is InChI=1S/C20H34O4/c21-20(22)11-7-2-1-6-10-16-17(19-13-12-18(16)24-19)14-23-15-8-4-3-5-9-15/h15-19H,1-14H2,(H,21,22). The normalized spacial score (nSPS) is 33.2. The Bertz CT molecular complexity index is 391. The van der Waals surface area contributed by atoms with E-state index in [0.29, 0.717) is 36.6 Å². The molecule has 4 unspecified atom stereocenters. The largest absolute Gasteiger partial charge is 0.481 e. The highest BCUT2D eigenvalue weighted by Crippen LogP contribution is 2.46. The van der Waals surface area contributed by atoms with E-state index in [4.69, 9.17) is 14.6 Å². The molecule has 2 heterocycles. The molecule has 24 heavy (non-hydrogen) atoms. The zero-order chi connectivity index (χ0) is 16.8. The van der Waals surface area contributed by atoms with Gasteiger partial charge in [0.2, 0.25) is 0 Å². The molecule has 4 atom stereocenters. The highest BCUT2D eigenvalue weighted by atomic mass is 16.5. The van der Waals surface area contributed by atoms with Gasteiger partial charge in [-0.15, -0.1) is 0 Å². The number of unbranched alkanes of at least 4 members (excludes halogenated alkanes) is 3. The van der Waals surface area contributed by atoms with E-state index in [0.717, 1.165) is 25.9 Å². The number of hydrogen-bond donors (Lipinski definition) is 1.